The molecular formula is C23H23FN2O4. The van der Waals surface area contributed by atoms with Crippen LogP contribution in [-0.2, 0) is 0 Å². The number of phenols is 1. The number of amides is 2. The van der Waals surface area contributed by atoms with Gasteiger partial charge in [0.2, 0.25) is 0 Å². The van der Waals surface area contributed by atoms with Crippen molar-refractivity contribution in [1.29, 1.82) is 0 Å². The number of carbonyl (C=O) groups excluding carboxylic acids is 2. The van der Waals surface area contributed by atoms with Crippen LogP contribution in [0.4, 0.5) is 4.39 Å². The lowest BCUT2D eigenvalue weighted by Gasteiger charge is -2.27. The van der Waals surface area contributed by atoms with E-state index in [9.17, 15) is 19.1 Å². The number of nitrogens with zero attached hydrogens (tertiary/aromatic N) is 1. The molecule has 1 aliphatic heterocycles. The number of hydrogen-bond donors (Lipinski definition) is 2. The molecule has 2 N–H and O–H groups in total. The summed E-state index contributed by atoms with van der Waals surface area (Å²) in [5.41, 5.74) is 1.04. The molecule has 3 aromatic rings. The van der Waals surface area contributed by atoms with Crippen molar-refractivity contribution in [3.05, 3.63) is 53.3 Å². The number of piperidine rings is 1. The Bertz CT molecular complexity index is 1100. The van der Waals surface area contributed by atoms with Gasteiger partial charge in [0.1, 0.15) is 22.9 Å². The van der Waals surface area contributed by atoms with Crippen molar-refractivity contribution in [2.24, 2.45) is 0 Å². The van der Waals surface area contributed by atoms with E-state index in [4.69, 9.17) is 4.42 Å². The quantitative estimate of drug-likeness (QED) is 0.671. The minimum absolute atomic E-state index is 0.0627. The van der Waals surface area contributed by atoms with E-state index in [2.05, 4.69) is 5.32 Å². The third-order valence-electron chi connectivity index (χ3n) is 5.36. The highest BCUT2D eigenvalue weighted by Gasteiger charge is 2.30. The van der Waals surface area contributed by atoms with E-state index in [0.29, 0.717) is 30.8 Å². The maximum absolute atomic E-state index is 13.4. The number of phenolic OH excluding ortho intramolecular Hbond substituents is 1. The highest BCUT2D eigenvalue weighted by Crippen LogP contribution is 2.39. The first-order chi connectivity index (χ1) is 14.5. The van der Waals surface area contributed by atoms with E-state index in [1.54, 1.807) is 11.8 Å². The average Bonchev–Trinajstić information content (AvgIpc) is 3.14. The number of aromatic hydroxyl groups is 1. The van der Waals surface area contributed by atoms with Crippen molar-refractivity contribution in [2.45, 2.75) is 26.2 Å². The van der Waals surface area contributed by atoms with E-state index < -0.39 is 11.7 Å². The summed E-state index contributed by atoms with van der Waals surface area (Å²) in [6.45, 7) is 3.37. The molecule has 0 atom stereocenters. The van der Waals surface area contributed by atoms with Crippen LogP contribution >= 0.6 is 0 Å². The number of furan rings is 1. The second kappa shape index (κ2) is 8.18. The first kappa shape index (κ1) is 19.9. The largest absolute Gasteiger partial charge is 0.507 e. The third kappa shape index (κ3) is 3.51. The Morgan fingerprint density at radius 3 is 2.43 bits per heavy atom. The summed E-state index contributed by atoms with van der Waals surface area (Å²) in [7, 11) is 0. The van der Waals surface area contributed by atoms with Gasteiger partial charge in [-0.15, -0.1) is 0 Å². The Kier molecular flexibility index (Phi) is 5.44. The molecule has 6 nitrogen and oxygen atoms in total. The van der Waals surface area contributed by atoms with Gasteiger partial charge in [-0.25, -0.2) is 4.39 Å². The second-order valence-corrected chi connectivity index (χ2v) is 7.36. The van der Waals surface area contributed by atoms with E-state index in [-0.39, 0.29) is 33.9 Å². The van der Waals surface area contributed by atoms with Crippen LogP contribution in [0.1, 0.15) is 46.9 Å². The van der Waals surface area contributed by atoms with Crippen LogP contribution < -0.4 is 5.32 Å². The van der Waals surface area contributed by atoms with Crippen LogP contribution in [0.3, 0.4) is 0 Å². The lowest BCUT2D eigenvalue weighted by Crippen LogP contribution is -2.36. The van der Waals surface area contributed by atoms with Crippen molar-refractivity contribution in [2.75, 3.05) is 19.6 Å². The van der Waals surface area contributed by atoms with Gasteiger partial charge in [0.05, 0.1) is 16.5 Å². The van der Waals surface area contributed by atoms with Gasteiger partial charge < -0.3 is 19.7 Å². The number of carbonyl (C=O) groups is 2. The molecule has 1 aliphatic rings. The van der Waals surface area contributed by atoms with Gasteiger partial charge in [0.15, 0.2) is 0 Å². The Labute approximate surface area is 173 Å². The van der Waals surface area contributed by atoms with Crippen LogP contribution in [-0.4, -0.2) is 41.5 Å². The molecule has 4 rings (SSSR count). The summed E-state index contributed by atoms with van der Waals surface area (Å²) in [6.07, 6.45) is 2.86. The van der Waals surface area contributed by atoms with E-state index in [1.165, 1.54) is 36.4 Å². The first-order valence-electron chi connectivity index (χ1n) is 10.1. The molecule has 2 heterocycles. The molecule has 0 bridgehead atoms. The minimum atomic E-state index is -0.422. The van der Waals surface area contributed by atoms with Gasteiger partial charge >= 0.3 is 0 Å². The highest BCUT2D eigenvalue weighted by atomic mass is 19.1. The number of likely N-dealkylation sites (tertiary alicyclic amines) is 1. The summed E-state index contributed by atoms with van der Waals surface area (Å²) < 4.78 is 19.4. The number of rotatable bonds is 4. The minimum Gasteiger partial charge on any atom is -0.507 e. The maximum atomic E-state index is 13.4. The zero-order valence-electron chi connectivity index (χ0n) is 16.7. The molecule has 2 aromatic carbocycles. The average molecular weight is 410 g/mol. The van der Waals surface area contributed by atoms with E-state index in [1.807, 2.05) is 0 Å². The number of hydrogen-bond acceptors (Lipinski definition) is 4. The third-order valence-corrected chi connectivity index (χ3v) is 5.36. The summed E-state index contributed by atoms with van der Waals surface area (Å²) in [5.74, 6) is -1.12. The van der Waals surface area contributed by atoms with Crippen LogP contribution in [0, 0.1) is 5.82 Å². The Hall–Kier alpha value is -3.35. The zero-order valence-corrected chi connectivity index (χ0v) is 16.7. The van der Waals surface area contributed by atoms with Crippen LogP contribution in [0.5, 0.6) is 5.75 Å². The van der Waals surface area contributed by atoms with Crippen molar-refractivity contribution in [3.63, 3.8) is 0 Å². The fourth-order valence-electron chi connectivity index (χ4n) is 3.92. The molecule has 1 saturated heterocycles. The number of fused-ring (bicyclic) bond motifs is 1. The predicted octanol–water partition coefficient (Wildman–Crippen LogP) is 4.32. The standard InChI is InChI=1S/C23H23FN2O4/c1-2-25-22(28)20-19-17(30-21(20)14-6-8-15(24)9-7-14)11-10-16(27)18(19)23(29)26-12-4-3-5-13-26/h6-11,27H,2-5,12-13H2,1H3,(H,25,28). The fourth-order valence-corrected chi connectivity index (χ4v) is 3.92. The maximum Gasteiger partial charge on any atom is 0.258 e. The Balaban J connectivity index is 1.96. The summed E-state index contributed by atoms with van der Waals surface area (Å²) in [5, 5.41) is 13.6. The SMILES string of the molecule is CCNC(=O)c1c(-c2ccc(F)cc2)oc2ccc(O)c(C(=O)N3CCCCC3)c12. The first-order valence-corrected chi connectivity index (χ1v) is 10.1. The molecule has 0 unspecified atom stereocenters. The summed E-state index contributed by atoms with van der Waals surface area (Å²) >= 11 is 0. The highest BCUT2D eigenvalue weighted by molar-refractivity contribution is 6.19. The molecular weight excluding hydrogens is 387 g/mol. The van der Waals surface area contributed by atoms with Gasteiger partial charge in [0.25, 0.3) is 11.8 Å². The van der Waals surface area contributed by atoms with Gasteiger partial charge in [-0.1, -0.05) is 0 Å². The molecule has 1 aromatic heterocycles. The lowest BCUT2D eigenvalue weighted by atomic mass is 9.98. The van der Waals surface area contributed by atoms with E-state index in [0.717, 1.165) is 19.3 Å². The van der Waals surface area contributed by atoms with E-state index >= 15 is 0 Å². The van der Waals surface area contributed by atoms with Crippen LogP contribution in [0.2, 0.25) is 0 Å². The monoisotopic (exact) mass is 410 g/mol. The van der Waals surface area contributed by atoms with Gasteiger partial charge in [-0.3, -0.25) is 9.59 Å². The van der Waals surface area contributed by atoms with Gasteiger partial charge in [-0.05, 0) is 62.6 Å². The lowest BCUT2D eigenvalue weighted by molar-refractivity contribution is 0.0723. The number of benzene rings is 2. The molecule has 7 heteroatoms. The predicted molar refractivity (Wildman–Crippen MR) is 111 cm³/mol. The van der Waals surface area contributed by atoms with Gasteiger partial charge in [-0.2, -0.15) is 0 Å². The topological polar surface area (TPSA) is 82.8 Å². The smallest absolute Gasteiger partial charge is 0.258 e. The second-order valence-electron chi connectivity index (χ2n) is 7.36. The summed E-state index contributed by atoms with van der Waals surface area (Å²) in [6, 6.07) is 8.53. The van der Waals surface area contributed by atoms with Crippen molar-refractivity contribution >= 4 is 22.8 Å². The molecule has 0 aliphatic carbocycles. The van der Waals surface area contributed by atoms with Crippen molar-refractivity contribution < 1.29 is 23.5 Å². The molecule has 156 valence electrons. The fraction of sp³-hybridized carbons (Fsp3) is 0.304. The van der Waals surface area contributed by atoms with Crippen LogP contribution in [0.15, 0.2) is 40.8 Å². The van der Waals surface area contributed by atoms with Gasteiger partial charge in [0, 0.05) is 25.2 Å². The number of nitrogens with one attached hydrogen (secondary N) is 1. The molecule has 30 heavy (non-hydrogen) atoms. The number of halogens is 1. The molecule has 0 spiro atoms. The summed E-state index contributed by atoms with van der Waals surface area (Å²) in [4.78, 5) is 28.0. The molecule has 1 fully saturated rings. The molecule has 2 amide bonds. The molecule has 0 radical (unpaired) electrons. The molecule has 0 saturated carbocycles. The Morgan fingerprint density at radius 1 is 1.07 bits per heavy atom. The van der Waals surface area contributed by atoms with Crippen molar-refractivity contribution in [1.82, 2.24) is 10.2 Å². The Morgan fingerprint density at radius 2 is 1.77 bits per heavy atom. The van der Waals surface area contributed by atoms with Crippen LogP contribution in [0.25, 0.3) is 22.3 Å². The normalized spacial score (nSPS) is 14.1. The van der Waals surface area contributed by atoms with Crippen molar-refractivity contribution in [3.8, 4) is 17.1 Å². The zero-order chi connectivity index (χ0) is 21.3.